The second kappa shape index (κ2) is 4.56. The molecule has 5 nitrogen and oxygen atoms in total. The number of aliphatic carboxylic acids is 1. The van der Waals surface area contributed by atoms with Gasteiger partial charge in [-0.1, -0.05) is 12.1 Å². The van der Waals surface area contributed by atoms with Crippen LogP contribution in [0.5, 0.6) is 0 Å². The molecule has 0 bridgehead atoms. The van der Waals surface area contributed by atoms with Crippen molar-refractivity contribution in [1.29, 1.82) is 0 Å². The van der Waals surface area contributed by atoms with E-state index in [9.17, 15) is 9.59 Å². The number of carboxylic acids is 1. The largest absolute Gasteiger partial charge is 0.480 e. The van der Waals surface area contributed by atoms with Crippen molar-refractivity contribution in [3.05, 3.63) is 35.4 Å². The van der Waals surface area contributed by atoms with E-state index in [-0.39, 0.29) is 5.56 Å². The first kappa shape index (κ1) is 11.2. The van der Waals surface area contributed by atoms with E-state index < -0.39 is 18.0 Å². The predicted molar refractivity (Wildman–Crippen MR) is 52.3 cm³/mol. The molecule has 0 aliphatic carbocycles. The van der Waals surface area contributed by atoms with E-state index in [0.29, 0.717) is 5.56 Å². The first-order valence-corrected chi connectivity index (χ1v) is 4.23. The summed E-state index contributed by atoms with van der Waals surface area (Å²) in [4.78, 5) is 21.8. The average Bonchev–Trinajstić information content (AvgIpc) is 2.27. The molecule has 0 aliphatic heterocycles. The Labute approximate surface area is 86.5 Å². The van der Waals surface area contributed by atoms with Crippen LogP contribution in [0.4, 0.5) is 0 Å². The van der Waals surface area contributed by atoms with E-state index >= 15 is 0 Å². The smallest absolute Gasteiger partial charge is 0.337 e. The zero-order valence-electron chi connectivity index (χ0n) is 8.14. The van der Waals surface area contributed by atoms with Gasteiger partial charge in [0.1, 0.15) is 6.04 Å². The van der Waals surface area contributed by atoms with Gasteiger partial charge in [0.2, 0.25) is 0 Å². The van der Waals surface area contributed by atoms with Gasteiger partial charge in [-0.05, 0) is 17.7 Å². The number of hydrogen-bond acceptors (Lipinski definition) is 4. The van der Waals surface area contributed by atoms with Gasteiger partial charge in [-0.25, -0.2) is 4.79 Å². The summed E-state index contributed by atoms with van der Waals surface area (Å²) < 4.78 is 4.50. The molecule has 0 spiro atoms. The minimum Gasteiger partial charge on any atom is -0.480 e. The molecule has 0 saturated carbocycles. The highest BCUT2D eigenvalue weighted by Crippen LogP contribution is 2.13. The SMILES string of the molecule is COC(=O)c1cccc(C(N)C(=O)O)c1. The topological polar surface area (TPSA) is 89.6 Å². The Morgan fingerprint density at radius 3 is 2.67 bits per heavy atom. The normalized spacial score (nSPS) is 11.9. The van der Waals surface area contributed by atoms with Gasteiger partial charge in [0.25, 0.3) is 0 Å². The molecule has 5 heteroatoms. The molecule has 1 atom stereocenters. The highest BCUT2D eigenvalue weighted by atomic mass is 16.5. The Balaban J connectivity index is 3.02. The molecule has 15 heavy (non-hydrogen) atoms. The number of nitrogens with two attached hydrogens (primary N) is 1. The minimum atomic E-state index is -1.14. The predicted octanol–water partition coefficient (Wildman–Crippen LogP) is 0.558. The summed E-state index contributed by atoms with van der Waals surface area (Å²) in [5.74, 6) is -1.66. The van der Waals surface area contributed by atoms with Crippen LogP contribution in [-0.4, -0.2) is 24.2 Å². The Kier molecular flexibility index (Phi) is 3.41. The number of esters is 1. The zero-order chi connectivity index (χ0) is 11.4. The van der Waals surface area contributed by atoms with Crippen LogP contribution in [0.1, 0.15) is 22.0 Å². The summed E-state index contributed by atoms with van der Waals surface area (Å²) in [6, 6.07) is 4.92. The lowest BCUT2D eigenvalue weighted by molar-refractivity contribution is -0.138. The van der Waals surface area contributed by atoms with Crippen LogP contribution >= 0.6 is 0 Å². The summed E-state index contributed by atoms with van der Waals surface area (Å²) in [7, 11) is 1.26. The summed E-state index contributed by atoms with van der Waals surface area (Å²) in [5, 5.41) is 8.68. The Hall–Kier alpha value is -1.88. The molecule has 1 unspecified atom stereocenters. The van der Waals surface area contributed by atoms with Crippen molar-refractivity contribution < 1.29 is 19.4 Å². The van der Waals surface area contributed by atoms with Gasteiger partial charge in [0.15, 0.2) is 0 Å². The van der Waals surface area contributed by atoms with E-state index in [1.807, 2.05) is 0 Å². The van der Waals surface area contributed by atoms with Gasteiger partial charge < -0.3 is 15.6 Å². The Bertz CT molecular complexity index is 389. The molecule has 3 N–H and O–H groups in total. The molecule has 0 radical (unpaired) electrons. The summed E-state index contributed by atoms with van der Waals surface area (Å²) in [6.45, 7) is 0. The van der Waals surface area contributed by atoms with Gasteiger partial charge in [-0.3, -0.25) is 4.79 Å². The van der Waals surface area contributed by atoms with Gasteiger partial charge >= 0.3 is 11.9 Å². The van der Waals surface area contributed by atoms with Crippen molar-refractivity contribution in [2.75, 3.05) is 7.11 Å². The van der Waals surface area contributed by atoms with Gasteiger partial charge in [-0.2, -0.15) is 0 Å². The second-order valence-electron chi connectivity index (χ2n) is 2.93. The number of benzene rings is 1. The number of rotatable bonds is 3. The van der Waals surface area contributed by atoms with Crippen LogP contribution in [0.15, 0.2) is 24.3 Å². The van der Waals surface area contributed by atoms with E-state index in [1.165, 1.54) is 19.2 Å². The molecule has 0 fully saturated rings. The number of hydrogen-bond donors (Lipinski definition) is 2. The Morgan fingerprint density at radius 1 is 1.47 bits per heavy atom. The molecular formula is C10H11NO4. The number of methoxy groups -OCH3 is 1. The standard InChI is InChI=1S/C10H11NO4/c1-15-10(14)7-4-2-3-6(5-7)8(11)9(12)13/h2-5,8H,11H2,1H3,(H,12,13). The van der Waals surface area contributed by atoms with Gasteiger partial charge in [0, 0.05) is 0 Å². The van der Waals surface area contributed by atoms with Crippen LogP contribution in [0.2, 0.25) is 0 Å². The molecular weight excluding hydrogens is 198 g/mol. The van der Waals surface area contributed by atoms with Crippen molar-refractivity contribution in [3.63, 3.8) is 0 Å². The molecule has 0 saturated heterocycles. The third kappa shape index (κ3) is 2.54. The van der Waals surface area contributed by atoms with E-state index in [0.717, 1.165) is 0 Å². The van der Waals surface area contributed by atoms with Crippen LogP contribution in [0.25, 0.3) is 0 Å². The number of ether oxygens (including phenoxy) is 1. The lowest BCUT2D eigenvalue weighted by Gasteiger charge is -2.07. The second-order valence-corrected chi connectivity index (χ2v) is 2.93. The highest BCUT2D eigenvalue weighted by molar-refractivity contribution is 5.90. The number of carbonyl (C=O) groups is 2. The molecule has 0 heterocycles. The molecule has 1 aromatic carbocycles. The van der Waals surface area contributed by atoms with Gasteiger partial charge in [-0.15, -0.1) is 0 Å². The summed E-state index contributed by atoms with van der Waals surface area (Å²) >= 11 is 0. The van der Waals surface area contributed by atoms with E-state index in [4.69, 9.17) is 10.8 Å². The van der Waals surface area contributed by atoms with E-state index in [1.54, 1.807) is 12.1 Å². The van der Waals surface area contributed by atoms with Crippen molar-refractivity contribution in [2.24, 2.45) is 5.73 Å². The van der Waals surface area contributed by atoms with Crippen molar-refractivity contribution >= 4 is 11.9 Å². The summed E-state index contributed by atoms with van der Waals surface area (Å²) in [5.41, 5.74) is 6.05. The molecule has 1 rings (SSSR count). The zero-order valence-corrected chi connectivity index (χ0v) is 8.14. The Morgan fingerprint density at radius 2 is 2.13 bits per heavy atom. The molecule has 1 aromatic rings. The maximum absolute atomic E-state index is 11.1. The maximum Gasteiger partial charge on any atom is 0.337 e. The average molecular weight is 209 g/mol. The van der Waals surface area contributed by atoms with E-state index in [2.05, 4.69) is 4.74 Å². The number of carboxylic acid groups (broad SMARTS) is 1. The molecule has 0 aliphatic rings. The molecule has 0 amide bonds. The third-order valence-corrected chi connectivity index (χ3v) is 1.93. The number of carbonyl (C=O) groups excluding carboxylic acids is 1. The first-order chi connectivity index (χ1) is 7.06. The third-order valence-electron chi connectivity index (χ3n) is 1.93. The monoisotopic (exact) mass is 209 g/mol. The van der Waals surface area contributed by atoms with Gasteiger partial charge in [0.05, 0.1) is 12.7 Å². The van der Waals surface area contributed by atoms with Crippen LogP contribution in [-0.2, 0) is 9.53 Å². The quantitative estimate of drug-likeness (QED) is 0.710. The van der Waals surface area contributed by atoms with Crippen molar-refractivity contribution in [3.8, 4) is 0 Å². The fraction of sp³-hybridized carbons (Fsp3) is 0.200. The minimum absolute atomic E-state index is 0.284. The molecule has 80 valence electrons. The van der Waals surface area contributed by atoms with Crippen molar-refractivity contribution in [1.82, 2.24) is 0 Å². The first-order valence-electron chi connectivity index (χ1n) is 4.23. The lowest BCUT2D eigenvalue weighted by atomic mass is 10.0. The highest BCUT2D eigenvalue weighted by Gasteiger charge is 2.15. The van der Waals surface area contributed by atoms with Crippen molar-refractivity contribution in [2.45, 2.75) is 6.04 Å². The lowest BCUT2D eigenvalue weighted by Crippen LogP contribution is -2.21. The van der Waals surface area contributed by atoms with Crippen LogP contribution in [0, 0.1) is 0 Å². The fourth-order valence-corrected chi connectivity index (χ4v) is 1.12. The van der Waals surface area contributed by atoms with Crippen LogP contribution < -0.4 is 5.73 Å². The fourth-order valence-electron chi connectivity index (χ4n) is 1.12. The maximum atomic E-state index is 11.1. The summed E-state index contributed by atoms with van der Waals surface area (Å²) in [6.07, 6.45) is 0. The molecule has 0 aromatic heterocycles. The van der Waals surface area contributed by atoms with Crippen LogP contribution in [0.3, 0.4) is 0 Å².